The minimum atomic E-state index is -4.96. The van der Waals surface area contributed by atoms with Crippen LogP contribution in [0.1, 0.15) is 11.1 Å². The zero-order valence-corrected chi connectivity index (χ0v) is 12.5. The number of rotatable bonds is 3. The Balaban J connectivity index is 2.28. The second-order valence-corrected chi connectivity index (χ2v) is 6.65. The Morgan fingerprint density at radius 1 is 1.35 bits per heavy atom. The maximum atomic E-state index is 12.5. The molecule has 23 heavy (non-hydrogen) atoms. The van der Waals surface area contributed by atoms with Gasteiger partial charge in [-0.3, -0.25) is 4.79 Å². The fraction of sp³-hybridized carbons (Fsp3) is 0.385. The van der Waals surface area contributed by atoms with Gasteiger partial charge in [0.15, 0.2) is 0 Å². The third kappa shape index (κ3) is 3.80. The van der Waals surface area contributed by atoms with Crippen molar-refractivity contribution in [2.45, 2.75) is 24.0 Å². The number of benzene rings is 1. The molecule has 1 aromatic rings. The Bertz CT molecular complexity index is 769. The molecule has 0 spiro atoms. The smallest absolute Gasteiger partial charge is 0.330 e. The minimum Gasteiger partial charge on any atom is -0.330 e. The number of carbonyl (C=O) groups excluding carboxylic acids is 1. The molecule has 0 saturated carbocycles. The number of hydrogen-bond donors (Lipinski definition) is 1. The van der Waals surface area contributed by atoms with Gasteiger partial charge in [0.2, 0.25) is 10.0 Å². The van der Waals surface area contributed by atoms with Crippen molar-refractivity contribution in [3.05, 3.63) is 29.3 Å². The zero-order valence-electron chi connectivity index (χ0n) is 11.7. The van der Waals surface area contributed by atoms with E-state index in [4.69, 9.17) is 5.26 Å². The van der Waals surface area contributed by atoms with Crippen LogP contribution in [0.3, 0.4) is 0 Å². The third-order valence-corrected chi connectivity index (χ3v) is 4.77. The highest BCUT2D eigenvalue weighted by atomic mass is 32.2. The molecule has 124 valence electrons. The molecule has 6 nitrogen and oxygen atoms in total. The van der Waals surface area contributed by atoms with Crippen LogP contribution in [0.15, 0.2) is 23.1 Å². The fourth-order valence-corrected chi connectivity index (χ4v) is 3.23. The van der Waals surface area contributed by atoms with Crippen LogP contribution in [0.2, 0.25) is 0 Å². The number of amides is 1. The van der Waals surface area contributed by atoms with E-state index in [1.165, 1.54) is 18.2 Å². The van der Waals surface area contributed by atoms with E-state index in [9.17, 15) is 26.4 Å². The van der Waals surface area contributed by atoms with E-state index in [1.54, 1.807) is 6.07 Å². The lowest BCUT2D eigenvalue weighted by Gasteiger charge is -2.29. The van der Waals surface area contributed by atoms with Crippen molar-refractivity contribution in [3.63, 3.8) is 0 Å². The third-order valence-electron chi connectivity index (χ3n) is 3.37. The first kappa shape index (κ1) is 17.2. The second kappa shape index (κ2) is 6.17. The summed E-state index contributed by atoms with van der Waals surface area (Å²) in [4.78, 5) is 11.8. The van der Waals surface area contributed by atoms with Crippen molar-refractivity contribution < 1.29 is 26.4 Å². The number of carbonyl (C=O) groups is 1. The molecule has 0 radical (unpaired) electrons. The van der Waals surface area contributed by atoms with Crippen LogP contribution in [0.4, 0.5) is 13.2 Å². The van der Waals surface area contributed by atoms with Crippen LogP contribution in [0.25, 0.3) is 0 Å². The zero-order chi connectivity index (χ0) is 17.3. The van der Waals surface area contributed by atoms with Crippen molar-refractivity contribution in [2.24, 2.45) is 0 Å². The first-order valence-corrected chi connectivity index (χ1v) is 7.98. The summed E-state index contributed by atoms with van der Waals surface area (Å²) in [5.41, 5.74) is 1.03. The highest BCUT2D eigenvalue weighted by Gasteiger charge is 2.43. The molecule has 1 N–H and O–H groups in total. The quantitative estimate of drug-likeness (QED) is 0.824. The molecule has 0 fully saturated rings. The summed E-state index contributed by atoms with van der Waals surface area (Å²) >= 11 is 0. The van der Waals surface area contributed by atoms with Crippen LogP contribution < -0.4 is 4.72 Å². The van der Waals surface area contributed by atoms with Gasteiger partial charge in [0.25, 0.3) is 0 Å². The summed E-state index contributed by atoms with van der Waals surface area (Å²) < 4.78 is 63.4. The van der Waals surface area contributed by atoms with Gasteiger partial charge in [-0.2, -0.15) is 23.2 Å². The summed E-state index contributed by atoms with van der Waals surface area (Å²) in [7, 11) is -3.92. The van der Waals surface area contributed by atoms with Crippen molar-refractivity contribution >= 4 is 15.9 Å². The monoisotopic (exact) mass is 347 g/mol. The number of nitrogens with zero attached hydrogens (tertiary/aromatic N) is 2. The molecule has 1 heterocycles. The molecule has 1 aromatic carbocycles. The molecule has 0 unspecified atom stereocenters. The van der Waals surface area contributed by atoms with Crippen LogP contribution in [0.5, 0.6) is 0 Å². The van der Waals surface area contributed by atoms with E-state index in [0.717, 1.165) is 0 Å². The number of alkyl halides is 3. The van der Waals surface area contributed by atoms with Crippen molar-refractivity contribution in [3.8, 4) is 6.07 Å². The average Bonchev–Trinajstić information content (AvgIpc) is 2.50. The molecular formula is C13H12F3N3O3S. The Labute approximate surface area is 130 Å². The van der Waals surface area contributed by atoms with Gasteiger partial charge < -0.3 is 4.90 Å². The Morgan fingerprint density at radius 2 is 2.04 bits per heavy atom. The van der Waals surface area contributed by atoms with Crippen molar-refractivity contribution in [1.82, 2.24) is 9.62 Å². The van der Waals surface area contributed by atoms with Gasteiger partial charge in [-0.15, -0.1) is 0 Å². The van der Waals surface area contributed by atoms with Gasteiger partial charge in [0.05, 0.1) is 17.5 Å². The van der Waals surface area contributed by atoms with Gasteiger partial charge in [0, 0.05) is 13.1 Å². The number of nitriles is 1. The molecule has 0 atom stereocenters. The number of sulfonamides is 1. The lowest BCUT2D eigenvalue weighted by molar-refractivity contribution is -0.186. The maximum Gasteiger partial charge on any atom is 0.471 e. The van der Waals surface area contributed by atoms with Gasteiger partial charge in [-0.05, 0) is 29.7 Å². The second-order valence-electron chi connectivity index (χ2n) is 4.89. The standard InChI is InChI=1S/C13H12F3N3O3S/c14-13(15,16)12(20)19-6-3-9-1-2-11(7-10(9)8-19)23(21,22)18-5-4-17/h1-2,7,18H,3,5-6,8H2. The molecule has 2 rings (SSSR count). The van der Waals surface area contributed by atoms with Gasteiger partial charge >= 0.3 is 12.1 Å². The maximum absolute atomic E-state index is 12.5. The summed E-state index contributed by atoms with van der Waals surface area (Å²) in [5.74, 6) is -1.95. The molecule has 0 bridgehead atoms. The van der Waals surface area contributed by atoms with Crippen molar-refractivity contribution in [2.75, 3.05) is 13.1 Å². The van der Waals surface area contributed by atoms with Crippen LogP contribution in [0, 0.1) is 11.3 Å². The van der Waals surface area contributed by atoms with Gasteiger partial charge in [-0.1, -0.05) is 6.07 Å². The number of halogens is 3. The number of fused-ring (bicyclic) bond motifs is 1. The lowest BCUT2D eigenvalue weighted by atomic mass is 10.00. The first-order valence-electron chi connectivity index (χ1n) is 6.49. The molecule has 0 saturated heterocycles. The first-order chi connectivity index (χ1) is 10.6. The minimum absolute atomic E-state index is 0.0792. The van der Waals surface area contributed by atoms with E-state index in [-0.39, 0.29) is 24.4 Å². The topological polar surface area (TPSA) is 90.3 Å². The van der Waals surface area contributed by atoms with Crippen LogP contribution >= 0.6 is 0 Å². The molecule has 0 aliphatic carbocycles. The molecule has 10 heteroatoms. The SMILES string of the molecule is N#CCNS(=O)(=O)c1ccc2c(c1)CN(C(=O)C(F)(F)F)CC2. The highest BCUT2D eigenvalue weighted by molar-refractivity contribution is 7.89. The average molecular weight is 347 g/mol. The van der Waals surface area contributed by atoms with E-state index in [2.05, 4.69) is 0 Å². The summed E-state index contributed by atoms with van der Waals surface area (Å²) in [6.07, 6.45) is -4.75. The van der Waals surface area contributed by atoms with E-state index in [0.29, 0.717) is 16.0 Å². The van der Waals surface area contributed by atoms with Crippen molar-refractivity contribution in [1.29, 1.82) is 5.26 Å². The normalized spacial score (nSPS) is 15.0. The largest absolute Gasteiger partial charge is 0.471 e. The predicted molar refractivity (Wildman–Crippen MR) is 72.4 cm³/mol. The summed E-state index contributed by atoms with van der Waals surface area (Å²) in [6, 6.07) is 5.68. The summed E-state index contributed by atoms with van der Waals surface area (Å²) in [5, 5.41) is 8.41. The van der Waals surface area contributed by atoms with Gasteiger partial charge in [0.1, 0.15) is 0 Å². The Hall–Kier alpha value is -2.12. The van der Waals surface area contributed by atoms with Crippen LogP contribution in [-0.4, -0.2) is 38.5 Å². The Morgan fingerprint density at radius 3 is 2.65 bits per heavy atom. The molecule has 0 aromatic heterocycles. The van der Waals surface area contributed by atoms with E-state index >= 15 is 0 Å². The molecule has 1 aliphatic rings. The molecule has 1 aliphatic heterocycles. The Kier molecular flexibility index (Phi) is 4.63. The van der Waals surface area contributed by atoms with E-state index < -0.39 is 28.7 Å². The van der Waals surface area contributed by atoms with E-state index in [1.807, 2.05) is 4.72 Å². The number of hydrogen-bond acceptors (Lipinski definition) is 4. The summed E-state index contributed by atoms with van der Waals surface area (Å²) in [6.45, 7) is -0.808. The molecule has 1 amide bonds. The lowest BCUT2D eigenvalue weighted by Crippen LogP contribution is -2.43. The molecular weight excluding hydrogens is 335 g/mol. The number of nitrogens with one attached hydrogen (secondary N) is 1. The highest BCUT2D eigenvalue weighted by Crippen LogP contribution is 2.26. The fourth-order valence-electron chi connectivity index (χ4n) is 2.26. The van der Waals surface area contributed by atoms with Crippen LogP contribution in [-0.2, 0) is 27.8 Å². The van der Waals surface area contributed by atoms with Gasteiger partial charge in [-0.25, -0.2) is 8.42 Å². The predicted octanol–water partition coefficient (Wildman–Crippen LogP) is 0.935.